The summed E-state index contributed by atoms with van der Waals surface area (Å²) in [6.07, 6.45) is -0.679. The third kappa shape index (κ3) is 4.52. The summed E-state index contributed by atoms with van der Waals surface area (Å²) in [7, 11) is 1.52. The smallest absolute Gasteiger partial charge is 0.161 e. The molecule has 18 heavy (non-hydrogen) atoms. The summed E-state index contributed by atoms with van der Waals surface area (Å²) in [5, 5.41) is 18.6. The molecular formula is C13H20O5. The van der Waals surface area contributed by atoms with Crippen molar-refractivity contribution in [2.75, 3.05) is 26.9 Å². The lowest BCUT2D eigenvalue weighted by Gasteiger charge is -2.15. The van der Waals surface area contributed by atoms with Crippen LogP contribution in [0.2, 0.25) is 0 Å². The molecule has 0 aliphatic carbocycles. The molecule has 0 radical (unpaired) electrons. The quantitative estimate of drug-likeness (QED) is 0.725. The van der Waals surface area contributed by atoms with E-state index in [1.807, 2.05) is 6.92 Å². The number of aliphatic hydroxyl groups excluding tert-OH is 2. The van der Waals surface area contributed by atoms with Crippen molar-refractivity contribution in [1.29, 1.82) is 0 Å². The van der Waals surface area contributed by atoms with Crippen LogP contribution in [0.3, 0.4) is 0 Å². The second kappa shape index (κ2) is 7.92. The van der Waals surface area contributed by atoms with Gasteiger partial charge in [0.1, 0.15) is 12.7 Å². The molecule has 0 heterocycles. The first kappa shape index (κ1) is 14.8. The highest BCUT2D eigenvalue weighted by Gasteiger charge is 2.09. The van der Waals surface area contributed by atoms with Gasteiger partial charge in [0.2, 0.25) is 0 Å². The predicted molar refractivity (Wildman–Crippen MR) is 66.9 cm³/mol. The molecule has 0 amide bonds. The van der Waals surface area contributed by atoms with Crippen LogP contribution in [0, 0.1) is 0 Å². The van der Waals surface area contributed by atoms with Crippen LogP contribution in [0.1, 0.15) is 12.5 Å². The van der Waals surface area contributed by atoms with Gasteiger partial charge in [-0.05, 0) is 24.6 Å². The van der Waals surface area contributed by atoms with Crippen molar-refractivity contribution in [3.8, 4) is 11.5 Å². The zero-order chi connectivity index (χ0) is 13.4. The van der Waals surface area contributed by atoms with Crippen LogP contribution in [0.5, 0.6) is 11.5 Å². The number of hydrogen-bond donors (Lipinski definition) is 2. The normalized spacial score (nSPS) is 12.2. The molecular weight excluding hydrogens is 236 g/mol. The molecule has 1 unspecified atom stereocenters. The molecule has 0 fully saturated rings. The van der Waals surface area contributed by atoms with Gasteiger partial charge in [0, 0.05) is 7.11 Å². The molecule has 0 bridgehead atoms. The van der Waals surface area contributed by atoms with Crippen molar-refractivity contribution >= 4 is 0 Å². The van der Waals surface area contributed by atoms with E-state index >= 15 is 0 Å². The summed E-state index contributed by atoms with van der Waals surface area (Å²) in [6, 6.07) is 5.19. The lowest BCUT2D eigenvalue weighted by atomic mass is 10.2. The van der Waals surface area contributed by atoms with E-state index in [0.717, 1.165) is 5.56 Å². The fourth-order valence-corrected chi connectivity index (χ4v) is 1.46. The summed E-state index contributed by atoms with van der Waals surface area (Å²) in [6.45, 7) is 2.68. The minimum absolute atomic E-state index is 0.0490. The predicted octanol–water partition coefficient (Wildman–Crippen LogP) is 0.964. The van der Waals surface area contributed by atoms with Crippen LogP contribution in [-0.4, -0.2) is 43.2 Å². The van der Waals surface area contributed by atoms with Gasteiger partial charge < -0.3 is 24.4 Å². The van der Waals surface area contributed by atoms with E-state index in [1.54, 1.807) is 18.2 Å². The third-order valence-electron chi connectivity index (χ3n) is 2.28. The van der Waals surface area contributed by atoms with Gasteiger partial charge in [-0.1, -0.05) is 6.07 Å². The van der Waals surface area contributed by atoms with Gasteiger partial charge in [-0.3, -0.25) is 0 Å². The maximum Gasteiger partial charge on any atom is 0.161 e. The molecule has 0 aliphatic rings. The maximum absolute atomic E-state index is 9.50. The molecule has 0 saturated carbocycles. The highest BCUT2D eigenvalue weighted by molar-refractivity contribution is 5.42. The Morgan fingerprint density at radius 1 is 1.17 bits per heavy atom. The summed E-state index contributed by atoms with van der Waals surface area (Å²) in [4.78, 5) is 0. The Morgan fingerprint density at radius 3 is 2.56 bits per heavy atom. The standard InChI is InChI=1S/C13H20O5/c1-3-17-13-6-10(7-14)4-5-12(13)18-9-11(15)8-16-2/h4-6,11,14-15H,3,7-9H2,1-2H3. The lowest BCUT2D eigenvalue weighted by Crippen LogP contribution is -2.22. The van der Waals surface area contributed by atoms with Gasteiger partial charge >= 0.3 is 0 Å². The minimum atomic E-state index is -0.679. The number of methoxy groups -OCH3 is 1. The number of rotatable bonds is 8. The van der Waals surface area contributed by atoms with Crippen molar-refractivity contribution in [2.45, 2.75) is 19.6 Å². The summed E-state index contributed by atoms with van der Waals surface area (Å²) in [5.41, 5.74) is 0.753. The molecule has 1 rings (SSSR count). The number of hydrogen-bond acceptors (Lipinski definition) is 5. The van der Waals surface area contributed by atoms with Crippen LogP contribution < -0.4 is 9.47 Å². The van der Waals surface area contributed by atoms with Crippen LogP contribution in [0.4, 0.5) is 0 Å². The van der Waals surface area contributed by atoms with Crippen LogP contribution in [0.15, 0.2) is 18.2 Å². The second-order valence-electron chi connectivity index (χ2n) is 3.79. The van der Waals surface area contributed by atoms with Crippen LogP contribution >= 0.6 is 0 Å². The highest BCUT2D eigenvalue weighted by atomic mass is 16.5. The molecule has 0 aromatic heterocycles. The fraction of sp³-hybridized carbons (Fsp3) is 0.538. The maximum atomic E-state index is 9.50. The zero-order valence-corrected chi connectivity index (χ0v) is 10.8. The van der Waals surface area contributed by atoms with Crippen molar-refractivity contribution < 1.29 is 24.4 Å². The van der Waals surface area contributed by atoms with Gasteiger partial charge in [-0.25, -0.2) is 0 Å². The molecule has 1 atom stereocenters. The molecule has 102 valence electrons. The van der Waals surface area contributed by atoms with Gasteiger partial charge in [0.15, 0.2) is 11.5 Å². The molecule has 5 heteroatoms. The van der Waals surface area contributed by atoms with Gasteiger partial charge in [0.05, 0.1) is 19.8 Å². The Morgan fingerprint density at radius 2 is 1.94 bits per heavy atom. The van der Waals surface area contributed by atoms with E-state index < -0.39 is 6.10 Å². The summed E-state index contributed by atoms with van der Waals surface area (Å²) < 4.78 is 15.7. The first-order valence-corrected chi connectivity index (χ1v) is 5.87. The SMILES string of the molecule is CCOc1cc(CO)ccc1OCC(O)COC. The first-order chi connectivity index (χ1) is 8.71. The number of benzene rings is 1. The van der Waals surface area contributed by atoms with Crippen LogP contribution in [0.25, 0.3) is 0 Å². The Labute approximate surface area is 107 Å². The van der Waals surface area contributed by atoms with E-state index in [9.17, 15) is 5.11 Å². The minimum Gasteiger partial charge on any atom is -0.490 e. The topological polar surface area (TPSA) is 68.2 Å². The van der Waals surface area contributed by atoms with Crippen molar-refractivity contribution in [1.82, 2.24) is 0 Å². The van der Waals surface area contributed by atoms with Gasteiger partial charge in [0.25, 0.3) is 0 Å². The lowest BCUT2D eigenvalue weighted by molar-refractivity contribution is 0.0318. The average Bonchev–Trinajstić information content (AvgIpc) is 2.38. The monoisotopic (exact) mass is 256 g/mol. The van der Waals surface area contributed by atoms with E-state index in [4.69, 9.17) is 19.3 Å². The molecule has 0 spiro atoms. The molecule has 5 nitrogen and oxygen atoms in total. The average molecular weight is 256 g/mol. The first-order valence-electron chi connectivity index (χ1n) is 5.87. The van der Waals surface area contributed by atoms with Crippen LogP contribution in [-0.2, 0) is 11.3 Å². The Bertz CT molecular complexity index is 353. The zero-order valence-electron chi connectivity index (χ0n) is 10.8. The highest BCUT2D eigenvalue weighted by Crippen LogP contribution is 2.28. The van der Waals surface area contributed by atoms with E-state index in [2.05, 4.69) is 0 Å². The van der Waals surface area contributed by atoms with E-state index in [1.165, 1.54) is 7.11 Å². The Kier molecular flexibility index (Phi) is 6.49. The Hall–Kier alpha value is -1.30. The number of ether oxygens (including phenoxy) is 3. The van der Waals surface area contributed by atoms with Crippen molar-refractivity contribution in [3.63, 3.8) is 0 Å². The van der Waals surface area contributed by atoms with Gasteiger partial charge in [-0.15, -0.1) is 0 Å². The molecule has 0 aliphatic heterocycles. The second-order valence-corrected chi connectivity index (χ2v) is 3.79. The molecule has 1 aromatic carbocycles. The van der Waals surface area contributed by atoms with E-state index in [-0.39, 0.29) is 19.8 Å². The number of aliphatic hydroxyl groups is 2. The molecule has 0 saturated heterocycles. The van der Waals surface area contributed by atoms with Crippen molar-refractivity contribution in [2.24, 2.45) is 0 Å². The van der Waals surface area contributed by atoms with Gasteiger partial charge in [-0.2, -0.15) is 0 Å². The van der Waals surface area contributed by atoms with E-state index in [0.29, 0.717) is 18.1 Å². The summed E-state index contributed by atoms with van der Waals surface area (Å²) in [5.74, 6) is 1.11. The fourth-order valence-electron chi connectivity index (χ4n) is 1.46. The largest absolute Gasteiger partial charge is 0.490 e. The Balaban J connectivity index is 2.68. The van der Waals surface area contributed by atoms with Crippen molar-refractivity contribution in [3.05, 3.63) is 23.8 Å². The molecule has 2 N–H and O–H groups in total. The molecule has 1 aromatic rings. The summed E-state index contributed by atoms with van der Waals surface area (Å²) >= 11 is 0. The third-order valence-corrected chi connectivity index (χ3v) is 2.28.